The van der Waals surface area contributed by atoms with E-state index >= 15 is 0 Å². The van der Waals surface area contributed by atoms with Gasteiger partial charge in [-0.2, -0.15) is 0 Å². The minimum atomic E-state index is -0.894. The van der Waals surface area contributed by atoms with E-state index in [1.165, 1.54) is 30.4 Å². The second-order valence-electron chi connectivity index (χ2n) is 7.44. The van der Waals surface area contributed by atoms with Crippen LogP contribution in [-0.4, -0.2) is 67.7 Å². The monoisotopic (exact) mass is 427 g/mol. The highest BCUT2D eigenvalue weighted by molar-refractivity contribution is 5.98. The van der Waals surface area contributed by atoms with Gasteiger partial charge in [0.1, 0.15) is 23.5 Å². The molecule has 3 rings (SSSR count). The minimum absolute atomic E-state index is 0.160. The standard InChI is InChI=1S/C20H25N7O4/c1-12(17(21)28)24-19(30)16-10-13(25-18(29)14-11-22-6-7-23-14)5-9-27(16)20(31)15-4-3-8-26(15)2/h3-4,6-8,11-13,16H,5,9-10H2,1-2H3,(H2,21,28)(H,24,30)(H,25,29)/t12-,13+,16+/m1/s1. The van der Waals surface area contributed by atoms with E-state index in [1.54, 1.807) is 29.9 Å². The molecule has 1 fully saturated rings. The number of hydrogen-bond acceptors (Lipinski definition) is 6. The van der Waals surface area contributed by atoms with Gasteiger partial charge >= 0.3 is 0 Å². The van der Waals surface area contributed by atoms with E-state index in [0.717, 1.165) is 0 Å². The maximum atomic E-state index is 13.1. The summed E-state index contributed by atoms with van der Waals surface area (Å²) in [4.78, 5) is 59.2. The molecular formula is C20H25N7O4. The Morgan fingerprint density at radius 1 is 1.26 bits per heavy atom. The first-order chi connectivity index (χ1) is 14.8. The van der Waals surface area contributed by atoms with Crippen molar-refractivity contribution in [3.63, 3.8) is 0 Å². The molecule has 0 radical (unpaired) electrons. The van der Waals surface area contributed by atoms with Gasteiger partial charge in [0.25, 0.3) is 11.8 Å². The normalized spacial score (nSPS) is 19.4. The molecule has 0 aromatic carbocycles. The van der Waals surface area contributed by atoms with Crippen molar-refractivity contribution >= 4 is 23.6 Å². The van der Waals surface area contributed by atoms with Gasteiger partial charge < -0.3 is 25.8 Å². The van der Waals surface area contributed by atoms with Gasteiger partial charge in [0.05, 0.1) is 6.20 Å². The Morgan fingerprint density at radius 2 is 2.03 bits per heavy atom. The van der Waals surface area contributed by atoms with Crippen molar-refractivity contribution in [3.05, 3.63) is 48.3 Å². The fourth-order valence-corrected chi connectivity index (χ4v) is 3.47. The number of carbonyl (C=O) groups is 4. The Bertz CT molecular complexity index is 975. The van der Waals surface area contributed by atoms with Crippen molar-refractivity contribution < 1.29 is 19.2 Å². The van der Waals surface area contributed by atoms with Crippen molar-refractivity contribution in [1.29, 1.82) is 0 Å². The topological polar surface area (TPSA) is 152 Å². The molecule has 3 heterocycles. The number of amides is 4. The first-order valence-corrected chi connectivity index (χ1v) is 9.86. The van der Waals surface area contributed by atoms with E-state index in [0.29, 0.717) is 12.1 Å². The van der Waals surface area contributed by atoms with Crippen molar-refractivity contribution in [3.8, 4) is 0 Å². The molecule has 1 aliphatic rings. The lowest BCUT2D eigenvalue weighted by molar-refractivity contribution is -0.131. The largest absolute Gasteiger partial charge is 0.368 e. The van der Waals surface area contributed by atoms with Crippen LogP contribution in [0, 0.1) is 0 Å². The smallest absolute Gasteiger partial charge is 0.271 e. The fourth-order valence-electron chi connectivity index (χ4n) is 3.47. The SMILES string of the molecule is C[C@@H](NC(=O)[C@@H]1C[C@@H](NC(=O)c2cnccn2)CCN1C(=O)c1cccn1C)C(N)=O. The van der Waals surface area contributed by atoms with Crippen LogP contribution in [0.5, 0.6) is 0 Å². The third-order valence-corrected chi connectivity index (χ3v) is 5.25. The van der Waals surface area contributed by atoms with Gasteiger partial charge in [-0.1, -0.05) is 0 Å². The molecule has 4 N–H and O–H groups in total. The number of carbonyl (C=O) groups excluding carboxylic acids is 4. The number of hydrogen-bond donors (Lipinski definition) is 3. The van der Waals surface area contributed by atoms with E-state index in [4.69, 9.17) is 5.73 Å². The maximum Gasteiger partial charge on any atom is 0.271 e. The number of likely N-dealkylation sites (tertiary alicyclic amines) is 1. The summed E-state index contributed by atoms with van der Waals surface area (Å²) in [6, 6.07) is 1.27. The summed E-state index contributed by atoms with van der Waals surface area (Å²) in [6.07, 6.45) is 6.60. The molecule has 0 saturated carbocycles. The van der Waals surface area contributed by atoms with Crippen LogP contribution in [0.3, 0.4) is 0 Å². The molecular weight excluding hydrogens is 402 g/mol. The summed E-state index contributed by atoms with van der Waals surface area (Å²) in [5, 5.41) is 5.40. The van der Waals surface area contributed by atoms with Crippen LogP contribution >= 0.6 is 0 Å². The van der Waals surface area contributed by atoms with Crippen LogP contribution in [0.25, 0.3) is 0 Å². The van der Waals surface area contributed by atoms with Gasteiger partial charge in [0, 0.05) is 38.2 Å². The van der Waals surface area contributed by atoms with E-state index in [1.807, 2.05) is 0 Å². The molecule has 0 bridgehead atoms. The molecule has 11 heteroatoms. The van der Waals surface area contributed by atoms with E-state index in [9.17, 15) is 19.2 Å². The second-order valence-corrected chi connectivity index (χ2v) is 7.44. The van der Waals surface area contributed by atoms with Crippen LogP contribution in [0.2, 0.25) is 0 Å². The summed E-state index contributed by atoms with van der Waals surface area (Å²) in [5.74, 6) is -1.91. The molecule has 2 aromatic rings. The Balaban J connectivity index is 1.78. The lowest BCUT2D eigenvalue weighted by Crippen LogP contribution is -2.59. The first-order valence-electron chi connectivity index (χ1n) is 9.86. The van der Waals surface area contributed by atoms with Crippen molar-refractivity contribution in [2.45, 2.75) is 37.9 Å². The Kier molecular flexibility index (Phi) is 6.63. The second kappa shape index (κ2) is 9.37. The van der Waals surface area contributed by atoms with Gasteiger partial charge in [-0.25, -0.2) is 4.98 Å². The quantitative estimate of drug-likeness (QED) is 0.549. The zero-order chi connectivity index (χ0) is 22.5. The van der Waals surface area contributed by atoms with Crippen molar-refractivity contribution in [2.24, 2.45) is 12.8 Å². The average Bonchev–Trinajstić information content (AvgIpc) is 3.19. The molecule has 0 unspecified atom stereocenters. The molecule has 31 heavy (non-hydrogen) atoms. The summed E-state index contributed by atoms with van der Waals surface area (Å²) >= 11 is 0. The van der Waals surface area contributed by atoms with Gasteiger partial charge in [0.2, 0.25) is 11.8 Å². The zero-order valence-corrected chi connectivity index (χ0v) is 17.3. The third kappa shape index (κ3) is 5.05. The van der Waals surface area contributed by atoms with Gasteiger partial charge in [-0.15, -0.1) is 0 Å². The molecule has 2 aromatic heterocycles. The maximum absolute atomic E-state index is 13.1. The molecule has 0 spiro atoms. The minimum Gasteiger partial charge on any atom is -0.368 e. The zero-order valence-electron chi connectivity index (χ0n) is 17.3. The first kappa shape index (κ1) is 21.9. The number of aryl methyl sites for hydroxylation is 1. The van der Waals surface area contributed by atoms with Crippen LogP contribution in [0.1, 0.15) is 40.7 Å². The molecule has 1 aliphatic heterocycles. The number of primary amides is 1. The number of nitrogens with zero attached hydrogens (tertiary/aromatic N) is 4. The number of aromatic nitrogens is 3. The highest BCUT2D eigenvalue weighted by atomic mass is 16.2. The molecule has 3 atom stereocenters. The average molecular weight is 427 g/mol. The highest BCUT2D eigenvalue weighted by Crippen LogP contribution is 2.21. The molecule has 1 saturated heterocycles. The van der Waals surface area contributed by atoms with Crippen LogP contribution in [-0.2, 0) is 16.6 Å². The molecule has 11 nitrogen and oxygen atoms in total. The Labute approximate surface area is 179 Å². The Morgan fingerprint density at radius 3 is 2.65 bits per heavy atom. The van der Waals surface area contributed by atoms with Gasteiger partial charge in [-0.3, -0.25) is 24.2 Å². The fraction of sp³-hybridized carbons (Fsp3) is 0.400. The lowest BCUT2D eigenvalue weighted by Gasteiger charge is -2.39. The van der Waals surface area contributed by atoms with Crippen LogP contribution in [0.15, 0.2) is 36.9 Å². The molecule has 0 aliphatic carbocycles. The van der Waals surface area contributed by atoms with Gasteiger partial charge in [0.15, 0.2) is 0 Å². The van der Waals surface area contributed by atoms with E-state index in [2.05, 4.69) is 20.6 Å². The highest BCUT2D eigenvalue weighted by Gasteiger charge is 2.38. The number of nitrogens with one attached hydrogen (secondary N) is 2. The van der Waals surface area contributed by atoms with Gasteiger partial charge in [-0.05, 0) is 31.9 Å². The summed E-state index contributed by atoms with van der Waals surface area (Å²) in [7, 11) is 1.74. The summed E-state index contributed by atoms with van der Waals surface area (Å²) in [6.45, 7) is 1.72. The van der Waals surface area contributed by atoms with Crippen LogP contribution < -0.4 is 16.4 Å². The number of nitrogens with two attached hydrogens (primary N) is 1. The van der Waals surface area contributed by atoms with Crippen molar-refractivity contribution in [2.75, 3.05) is 6.54 Å². The summed E-state index contributed by atoms with van der Waals surface area (Å²) < 4.78 is 1.67. The number of rotatable bonds is 6. The predicted octanol–water partition coefficient (Wildman–Crippen LogP) is -0.792. The lowest BCUT2D eigenvalue weighted by atomic mass is 9.95. The van der Waals surface area contributed by atoms with Crippen molar-refractivity contribution in [1.82, 2.24) is 30.1 Å². The molecule has 4 amide bonds. The molecule has 164 valence electrons. The summed E-state index contributed by atoms with van der Waals surface area (Å²) in [5.41, 5.74) is 5.85. The van der Waals surface area contributed by atoms with E-state index in [-0.39, 0.29) is 30.6 Å². The Hall–Kier alpha value is -3.76. The predicted molar refractivity (Wildman–Crippen MR) is 110 cm³/mol. The number of piperidine rings is 1. The van der Waals surface area contributed by atoms with E-state index < -0.39 is 29.8 Å². The van der Waals surface area contributed by atoms with Crippen LogP contribution in [0.4, 0.5) is 0 Å². The third-order valence-electron chi connectivity index (χ3n) is 5.25.